The number of sulfone groups is 1. The fraction of sp³-hybridized carbons (Fsp3) is 0.294. The maximum atomic E-state index is 11.7. The van der Waals surface area contributed by atoms with Crippen molar-refractivity contribution in [1.29, 1.82) is 0 Å². The molecule has 0 fully saturated rings. The first-order chi connectivity index (χ1) is 10.1. The predicted molar refractivity (Wildman–Crippen MR) is 87.4 cm³/mol. The van der Waals surface area contributed by atoms with Gasteiger partial charge in [-0.2, -0.15) is 0 Å². The Kier molecular flexibility index (Phi) is 5.39. The maximum absolute atomic E-state index is 11.7. The molecule has 0 bridgehead atoms. The Morgan fingerprint density at radius 1 is 0.952 bits per heavy atom. The monoisotopic (exact) mass is 303 g/mol. The molecular weight excluding hydrogens is 282 g/mol. The van der Waals surface area contributed by atoms with Gasteiger partial charge in [-0.25, -0.2) is 8.42 Å². The van der Waals surface area contributed by atoms with Crippen molar-refractivity contribution in [3.63, 3.8) is 0 Å². The van der Waals surface area contributed by atoms with Gasteiger partial charge in [-0.05, 0) is 42.7 Å². The second-order valence-corrected chi connectivity index (χ2v) is 7.22. The molecule has 0 aliphatic carbocycles. The fourth-order valence-electron chi connectivity index (χ4n) is 2.12. The van der Waals surface area contributed by atoms with Gasteiger partial charge in [0.2, 0.25) is 0 Å². The predicted octanol–water partition coefficient (Wildman–Crippen LogP) is 3.52. The van der Waals surface area contributed by atoms with Gasteiger partial charge < -0.3 is 5.32 Å². The SMILES string of the molecule is CCS(=O)(=O)c1ccc(NCCCc2ccccc2)cc1. The molecule has 0 atom stereocenters. The molecule has 0 aromatic heterocycles. The molecule has 0 unspecified atom stereocenters. The largest absolute Gasteiger partial charge is 0.385 e. The molecule has 3 nitrogen and oxygen atoms in total. The Bertz CT molecular complexity index is 649. The van der Waals surface area contributed by atoms with Crippen LogP contribution in [-0.2, 0) is 16.3 Å². The number of rotatable bonds is 7. The summed E-state index contributed by atoms with van der Waals surface area (Å²) in [5.74, 6) is 0.136. The first kappa shape index (κ1) is 15.6. The topological polar surface area (TPSA) is 46.2 Å². The third-order valence-electron chi connectivity index (χ3n) is 3.41. The molecule has 2 aromatic carbocycles. The van der Waals surface area contributed by atoms with Crippen molar-refractivity contribution in [3.8, 4) is 0 Å². The maximum Gasteiger partial charge on any atom is 0.178 e. The number of anilines is 1. The molecule has 2 aromatic rings. The van der Waals surface area contributed by atoms with Crippen LogP contribution in [0.2, 0.25) is 0 Å². The van der Waals surface area contributed by atoms with Crippen molar-refractivity contribution in [2.75, 3.05) is 17.6 Å². The minimum absolute atomic E-state index is 0.136. The molecule has 1 N–H and O–H groups in total. The van der Waals surface area contributed by atoms with Crippen molar-refractivity contribution < 1.29 is 8.42 Å². The molecule has 112 valence electrons. The van der Waals surface area contributed by atoms with Gasteiger partial charge >= 0.3 is 0 Å². The summed E-state index contributed by atoms with van der Waals surface area (Å²) < 4.78 is 23.4. The van der Waals surface area contributed by atoms with E-state index in [-0.39, 0.29) is 5.75 Å². The number of nitrogens with one attached hydrogen (secondary N) is 1. The van der Waals surface area contributed by atoms with Gasteiger partial charge in [0.15, 0.2) is 9.84 Å². The highest BCUT2D eigenvalue weighted by molar-refractivity contribution is 7.91. The normalized spacial score (nSPS) is 11.3. The van der Waals surface area contributed by atoms with E-state index >= 15 is 0 Å². The van der Waals surface area contributed by atoms with E-state index in [0.717, 1.165) is 25.1 Å². The van der Waals surface area contributed by atoms with E-state index in [1.807, 2.05) is 18.2 Å². The van der Waals surface area contributed by atoms with Crippen LogP contribution >= 0.6 is 0 Å². The number of hydrogen-bond donors (Lipinski definition) is 1. The number of aryl methyl sites for hydroxylation is 1. The van der Waals surface area contributed by atoms with E-state index in [0.29, 0.717) is 4.90 Å². The minimum atomic E-state index is -3.10. The van der Waals surface area contributed by atoms with Crippen molar-refractivity contribution in [2.45, 2.75) is 24.7 Å². The van der Waals surface area contributed by atoms with Crippen LogP contribution in [0.25, 0.3) is 0 Å². The summed E-state index contributed by atoms with van der Waals surface area (Å²) in [4.78, 5) is 0.389. The lowest BCUT2D eigenvalue weighted by molar-refractivity contribution is 0.597. The van der Waals surface area contributed by atoms with Crippen LogP contribution in [0, 0.1) is 0 Å². The van der Waals surface area contributed by atoms with Crippen LogP contribution in [0.4, 0.5) is 5.69 Å². The van der Waals surface area contributed by atoms with E-state index in [1.54, 1.807) is 19.1 Å². The first-order valence-corrected chi connectivity index (χ1v) is 8.87. The fourth-order valence-corrected chi connectivity index (χ4v) is 3.00. The molecule has 0 saturated heterocycles. The molecule has 0 saturated carbocycles. The number of benzene rings is 2. The van der Waals surface area contributed by atoms with E-state index in [9.17, 15) is 8.42 Å². The average Bonchev–Trinajstić information content (AvgIpc) is 2.53. The molecule has 0 aliphatic heterocycles. The Morgan fingerprint density at radius 2 is 1.62 bits per heavy atom. The lowest BCUT2D eigenvalue weighted by Gasteiger charge is -2.08. The smallest absolute Gasteiger partial charge is 0.178 e. The van der Waals surface area contributed by atoms with Crippen LogP contribution in [0.5, 0.6) is 0 Å². The Hall–Kier alpha value is -1.81. The summed E-state index contributed by atoms with van der Waals surface area (Å²) >= 11 is 0. The van der Waals surface area contributed by atoms with E-state index in [1.165, 1.54) is 5.56 Å². The summed E-state index contributed by atoms with van der Waals surface area (Å²) in [7, 11) is -3.10. The Labute approximate surface area is 126 Å². The summed E-state index contributed by atoms with van der Waals surface area (Å²) in [6.45, 7) is 2.53. The quantitative estimate of drug-likeness (QED) is 0.796. The zero-order chi connectivity index (χ0) is 15.1. The van der Waals surface area contributed by atoms with Crippen LogP contribution in [0.15, 0.2) is 59.5 Å². The zero-order valence-corrected chi connectivity index (χ0v) is 13.1. The van der Waals surface area contributed by atoms with Gasteiger partial charge in [0, 0.05) is 12.2 Å². The zero-order valence-electron chi connectivity index (χ0n) is 12.2. The molecule has 2 rings (SSSR count). The van der Waals surface area contributed by atoms with Gasteiger partial charge in [-0.1, -0.05) is 37.3 Å². The van der Waals surface area contributed by atoms with Crippen molar-refractivity contribution in [1.82, 2.24) is 0 Å². The molecule has 0 radical (unpaired) electrons. The van der Waals surface area contributed by atoms with Gasteiger partial charge in [0.1, 0.15) is 0 Å². The van der Waals surface area contributed by atoms with Crippen LogP contribution in [0.3, 0.4) is 0 Å². The van der Waals surface area contributed by atoms with E-state index in [2.05, 4.69) is 29.6 Å². The molecule has 21 heavy (non-hydrogen) atoms. The number of hydrogen-bond acceptors (Lipinski definition) is 3. The van der Waals surface area contributed by atoms with Crippen molar-refractivity contribution in [3.05, 3.63) is 60.2 Å². The first-order valence-electron chi connectivity index (χ1n) is 7.22. The molecule has 0 amide bonds. The van der Waals surface area contributed by atoms with Crippen molar-refractivity contribution in [2.24, 2.45) is 0 Å². The molecular formula is C17H21NO2S. The summed E-state index contributed by atoms with van der Waals surface area (Å²) in [5, 5.41) is 3.32. The standard InChI is InChI=1S/C17H21NO2S/c1-2-21(19,20)17-12-10-16(11-13-17)18-14-6-9-15-7-4-3-5-8-15/h3-5,7-8,10-13,18H,2,6,9,14H2,1H3. The third kappa shape index (κ3) is 4.60. The third-order valence-corrected chi connectivity index (χ3v) is 5.16. The van der Waals surface area contributed by atoms with E-state index in [4.69, 9.17) is 0 Å². The van der Waals surface area contributed by atoms with Crippen molar-refractivity contribution >= 4 is 15.5 Å². The minimum Gasteiger partial charge on any atom is -0.385 e. The van der Waals surface area contributed by atoms with Gasteiger partial charge in [-0.3, -0.25) is 0 Å². The van der Waals surface area contributed by atoms with Gasteiger partial charge in [-0.15, -0.1) is 0 Å². The second-order valence-electron chi connectivity index (χ2n) is 4.94. The summed E-state index contributed by atoms with van der Waals surface area (Å²) in [6.07, 6.45) is 2.08. The van der Waals surface area contributed by atoms with Gasteiger partial charge in [0.05, 0.1) is 10.6 Å². The summed E-state index contributed by atoms with van der Waals surface area (Å²) in [6, 6.07) is 17.4. The van der Waals surface area contributed by atoms with Gasteiger partial charge in [0.25, 0.3) is 0 Å². The summed E-state index contributed by atoms with van der Waals surface area (Å²) in [5.41, 5.74) is 2.29. The second kappa shape index (κ2) is 7.27. The van der Waals surface area contributed by atoms with Crippen LogP contribution in [0.1, 0.15) is 18.9 Å². The highest BCUT2D eigenvalue weighted by Crippen LogP contribution is 2.15. The van der Waals surface area contributed by atoms with Crippen LogP contribution in [-0.4, -0.2) is 20.7 Å². The molecule has 0 heterocycles. The Balaban J connectivity index is 1.82. The molecule has 0 spiro atoms. The average molecular weight is 303 g/mol. The highest BCUT2D eigenvalue weighted by Gasteiger charge is 2.10. The van der Waals surface area contributed by atoms with Crippen LogP contribution < -0.4 is 5.32 Å². The lowest BCUT2D eigenvalue weighted by Crippen LogP contribution is -2.05. The lowest BCUT2D eigenvalue weighted by atomic mass is 10.1. The molecule has 0 aliphatic rings. The molecule has 4 heteroatoms. The Morgan fingerprint density at radius 3 is 2.24 bits per heavy atom. The van der Waals surface area contributed by atoms with E-state index < -0.39 is 9.84 Å². The highest BCUT2D eigenvalue weighted by atomic mass is 32.2.